The number of hydrogen-bond acceptors (Lipinski definition) is 4. The van der Waals surface area contributed by atoms with E-state index in [0.717, 1.165) is 16.5 Å². The second-order valence-electron chi connectivity index (χ2n) is 5.82. The summed E-state index contributed by atoms with van der Waals surface area (Å²) in [6.45, 7) is 4.89. The summed E-state index contributed by atoms with van der Waals surface area (Å²) in [6.07, 6.45) is 5.22. The number of aromatic amines is 1. The second-order valence-corrected chi connectivity index (χ2v) is 5.82. The highest BCUT2D eigenvalue weighted by atomic mass is 16.7. The number of H-pyrrole nitrogens is 1. The zero-order valence-corrected chi connectivity index (χ0v) is 15.0. The standard InChI is InChI=1S/C20H23N3O3/c1-3-25-20(26-4-2,17-8-10-21-11-9-17)14-23-19(24)16-6-5-15-7-12-22-18(15)13-16/h5-13,22H,3-4,14H2,1-2H3,(H,23,24). The maximum Gasteiger partial charge on any atom is 0.251 e. The Bertz CT molecular complexity index is 855. The normalized spacial score (nSPS) is 11.6. The first-order valence-corrected chi connectivity index (χ1v) is 8.72. The molecule has 136 valence electrons. The van der Waals surface area contributed by atoms with Crippen LogP contribution in [0, 0.1) is 0 Å². The van der Waals surface area contributed by atoms with Crippen molar-refractivity contribution in [1.82, 2.24) is 15.3 Å². The van der Waals surface area contributed by atoms with Crippen LogP contribution in [0.2, 0.25) is 0 Å². The van der Waals surface area contributed by atoms with E-state index in [1.807, 2.05) is 50.4 Å². The van der Waals surface area contributed by atoms with Crippen molar-refractivity contribution in [3.8, 4) is 0 Å². The number of aromatic nitrogens is 2. The average Bonchev–Trinajstić information content (AvgIpc) is 3.14. The van der Waals surface area contributed by atoms with E-state index in [1.54, 1.807) is 18.5 Å². The molecule has 3 rings (SSSR count). The van der Waals surface area contributed by atoms with Crippen molar-refractivity contribution in [2.75, 3.05) is 19.8 Å². The quantitative estimate of drug-likeness (QED) is 0.610. The maximum absolute atomic E-state index is 12.6. The third kappa shape index (κ3) is 3.76. The molecule has 3 aromatic rings. The van der Waals surface area contributed by atoms with Crippen LogP contribution in [-0.2, 0) is 15.3 Å². The lowest BCUT2D eigenvalue weighted by Crippen LogP contribution is -2.45. The van der Waals surface area contributed by atoms with Gasteiger partial charge in [0.2, 0.25) is 5.79 Å². The molecule has 2 heterocycles. The summed E-state index contributed by atoms with van der Waals surface area (Å²) in [5, 5.41) is 4.01. The molecular weight excluding hydrogens is 330 g/mol. The number of pyridine rings is 1. The number of hydrogen-bond donors (Lipinski definition) is 2. The smallest absolute Gasteiger partial charge is 0.251 e. The van der Waals surface area contributed by atoms with E-state index in [1.165, 1.54) is 0 Å². The molecule has 0 fully saturated rings. The fourth-order valence-corrected chi connectivity index (χ4v) is 2.97. The summed E-state index contributed by atoms with van der Waals surface area (Å²) in [5.41, 5.74) is 2.32. The van der Waals surface area contributed by atoms with Crippen molar-refractivity contribution in [2.24, 2.45) is 0 Å². The zero-order chi connectivity index (χ0) is 18.4. The van der Waals surface area contributed by atoms with Crippen LogP contribution in [0.3, 0.4) is 0 Å². The first-order valence-electron chi connectivity index (χ1n) is 8.72. The first kappa shape index (κ1) is 18.1. The van der Waals surface area contributed by atoms with Crippen LogP contribution in [0.1, 0.15) is 29.8 Å². The topological polar surface area (TPSA) is 76.2 Å². The van der Waals surface area contributed by atoms with Gasteiger partial charge in [0.15, 0.2) is 0 Å². The number of benzene rings is 1. The van der Waals surface area contributed by atoms with Gasteiger partial charge in [0.05, 0.1) is 6.54 Å². The third-order valence-corrected chi connectivity index (χ3v) is 4.17. The molecule has 0 aliphatic carbocycles. The highest BCUT2D eigenvalue weighted by Gasteiger charge is 2.34. The van der Waals surface area contributed by atoms with E-state index < -0.39 is 5.79 Å². The Morgan fingerprint density at radius 3 is 2.54 bits per heavy atom. The number of nitrogens with one attached hydrogen (secondary N) is 2. The number of carbonyl (C=O) groups is 1. The molecule has 0 aliphatic heterocycles. The summed E-state index contributed by atoms with van der Waals surface area (Å²) in [6, 6.07) is 11.2. The predicted octanol–water partition coefficient (Wildman–Crippen LogP) is 3.22. The van der Waals surface area contributed by atoms with Crippen molar-refractivity contribution in [3.63, 3.8) is 0 Å². The summed E-state index contributed by atoms with van der Waals surface area (Å²) in [4.78, 5) is 19.8. The highest BCUT2D eigenvalue weighted by Crippen LogP contribution is 2.27. The van der Waals surface area contributed by atoms with Crippen molar-refractivity contribution in [3.05, 3.63) is 66.1 Å². The lowest BCUT2D eigenvalue weighted by Gasteiger charge is -2.33. The summed E-state index contributed by atoms with van der Waals surface area (Å²) in [7, 11) is 0. The third-order valence-electron chi connectivity index (χ3n) is 4.17. The van der Waals surface area contributed by atoms with Gasteiger partial charge < -0.3 is 19.8 Å². The van der Waals surface area contributed by atoms with Gasteiger partial charge in [-0.05, 0) is 49.6 Å². The van der Waals surface area contributed by atoms with E-state index in [-0.39, 0.29) is 12.5 Å². The molecule has 0 saturated carbocycles. The molecular formula is C20H23N3O3. The van der Waals surface area contributed by atoms with Gasteiger partial charge in [-0.3, -0.25) is 9.78 Å². The monoisotopic (exact) mass is 353 g/mol. The molecule has 0 aliphatic rings. The molecule has 6 heteroatoms. The zero-order valence-electron chi connectivity index (χ0n) is 15.0. The van der Waals surface area contributed by atoms with Gasteiger partial charge in [0.25, 0.3) is 5.91 Å². The lowest BCUT2D eigenvalue weighted by molar-refractivity contribution is -0.237. The number of nitrogens with zero attached hydrogens (tertiary/aromatic N) is 1. The Balaban J connectivity index is 1.81. The minimum Gasteiger partial charge on any atom is -0.361 e. The Morgan fingerprint density at radius 2 is 1.85 bits per heavy atom. The molecule has 0 bridgehead atoms. The van der Waals surface area contributed by atoms with Crippen molar-refractivity contribution in [2.45, 2.75) is 19.6 Å². The largest absolute Gasteiger partial charge is 0.361 e. The number of carbonyl (C=O) groups excluding carboxylic acids is 1. The minimum absolute atomic E-state index is 0.181. The molecule has 0 spiro atoms. The van der Waals surface area contributed by atoms with E-state index in [0.29, 0.717) is 18.8 Å². The number of fused-ring (bicyclic) bond motifs is 1. The van der Waals surface area contributed by atoms with Crippen LogP contribution in [0.25, 0.3) is 10.9 Å². The minimum atomic E-state index is -1.04. The van der Waals surface area contributed by atoms with Crippen molar-refractivity contribution in [1.29, 1.82) is 0 Å². The fourth-order valence-electron chi connectivity index (χ4n) is 2.97. The maximum atomic E-state index is 12.6. The number of amides is 1. The van der Waals surface area contributed by atoms with Crippen molar-refractivity contribution >= 4 is 16.8 Å². The Kier molecular flexibility index (Phi) is 5.65. The molecule has 0 saturated heterocycles. The first-order chi connectivity index (χ1) is 12.7. The van der Waals surface area contributed by atoms with Crippen LogP contribution in [0.5, 0.6) is 0 Å². The van der Waals surface area contributed by atoms with Crippen LogP contribution < -0.4 is 5.32 Å². The second kappa shape index (κ2) is 8.12. The number of rotatable bonds is 8. The van der Waals surface area contributed by atoms with Crippen LogP contribution in [0.4, 0.5) is 0 Å². The Labute approximate surface area is 152 Å². The van der Waals surface area contributed by atoms with Gasteiger partial charge in [0, 0.05) is 48.4 Å². The molecule has 2 N–H and O–H groups in total. The molecule has 2 aromatic heterocycles. The van der Waals surface area contributed by atoms with E-state index in [4.69, 9.17) is 9.47 Å². The Morgan fingerprint density at radius 1 is 1.12 bits per heavy atom. The molecule has 0 radical (unpaired) electrons. The van der Waals surface area contributed by atoms with E-state index >= 15 is 0 Å². The van der Waals surface area contributed by atoms with Gasteiger partial charge in [-0.2, -0.15) is 0 Å². The molecule has 0 unspecified atom stereocenters. The summed E-state index contributed by atoms with van der Waals surface area (Å²) < 4.78 is 11.9. The van der Waals surface area contributed by atoms with Gasteiger partial charge in [0.1, 0.15) is 0 Å². The average molecular weight is 353 g/mol. The van der Waals surface area contributed by atoms with E-state index in [9.17, 15) is 4.79 Å². The lowest BCUT2D eigenvalue weighted by atomic mass is 10.1. The number of ether oxygens (including phenoxy) is 2. The van der Waals surface area contributed by atoms with Gasteiger partial charge in [-0.25, -0.2) is 0 Å². The van der Waals surface area contributed by atoms with Crippen molar-refractivity contribution < 1.29 is 14.3 Å². The molecule has 6 nitrogen and oxygen atoms in total. The molecule has 1 amide bonds. The van der Waals surface area contributed by atoms with Crippen LogP contribution in [0.15, 0.2) is 55.0 Å². The molecule has 0 atom stereocenters. The van der Waals surface area contributed by atoms with Gasteiger partial charge in [-0.15, -0.1) is 0 Å². The highest BCUT2D eigenvalue weighted by molar-refractivity contribution is 5.97. The van der Waals surface area contributed by atoms with Gasteiger partial charge >= 0.3 is 0 Å². The van der Waals surface area contributed by atoms with Crippen LogP contribution >= 0.6 is 0 Å². The molecule has 1 aromatic carbocycles. The van der Waals surface area contributed by atoms with Gasteiger partial charge in [-0.1, -0.05) is 6.07 Å². The van der Waals surface area contributed by atoms with E-state index in [2.05, 4.69) is 15.3 Å². The SMILES string of the molecule is CCOC(CNC(=O)c1ccc2cc[nH]c2c1)(OCC)c1ccncc1. The summed E-state index contributed by atoms with van der Waals surface area (Å²) >= 11 is 0. The fraction of sp³-hybridized carbons (Fsp3) is 0.300. The predicted molar refractivity (Wildman–Crippen MR) is 99.8 cm³/mol. The van der Waals surface area contributed by atoms with Crippen LogP contribution in [-0.4, -0.2) is 35.6 Å². The summed E-state index contributed by atoms with van der Waals surface area (Å²) in [5.74, 6) is -1.22. The Hall–Kier alpha value is -2.70. The molecule has 26 heavy (non-hydrogen) atoms.